The molecule has 152 valence electrons. The van der Waals surface area contributed by atoms with E-state index in [-0.39, 0.29) is 10.8 Å². The van der Waals surface area contributed by atoms with Crippen LogP contribution in [-0.4, -0.2) is 37.7 Å². The lowest BCUT2D eigenvalue weighted by atomic mass is 10.1. The van der Waals surface area contributed by atoms with Gasteiger partial charge in [0.2, 0.25) is 21.9 Å². The number of nitrogens with zero attached hydrogens (tertiary/aromatic N) is 2. The lowest BCUT2D eigenvalue weighted by Gasteiger charge is -2.24. The van der Waals surface area contributed by atoms with E-state index in [1.165, 1.54) is 24.3 Å². The summed E-state index contributed by atoms with van der Waals surface area (Å²) in [4.78, 5) is 7.43. The number of aromatic nitrogens is 2. The average molecular weight is 418 g/mol. The molecule has 0 radical (unpaired) electrons. The minimum atomic E-state index is -4.67. The van der Waals surface area contributed by atoms with Gasteiger partial charge in [0.15, 0.2) is 0 Å². The lowest BCUT2D eigenvalue weighted by molar-refractivity contribution is -0.140. The first-order valence-electron chi connectivity index (χ1n) is 8.21. The van der Waals surface area contributed by atoms with Crippen LogP contribution in [-0.2, 0) is 20.9 Å². The highest BCUT2D eigenvalue weighted by Crippen LogP contribution is 2.36. The molecule has 0 aliphatic carbocycles. The van der Waals surface area contributed by atoms with E-state index in [9.17, 15) is 21.6 Å². The van der Waals surface area contributed by atoms with Gasteiger partial charge in [-0.3, -0.25) is 0 Å². The number of anilines is 2. The summed E-state index contributed by atoms with van der Waals surface area (Å²) >= 11 is 0. The van der Waals surface area contributed by atoms with E-state index in [1.807, 2.05) is 0 Å². The molecular formula is C16H17F3N4O4S. The molecule has 1 aromatic heterocycles. The van der Waals surface area contributed by atoms with Crippen molar-refractivity contribution in [3.63, 3.8) is 0 Å². The Hall–Kier alpha value is -2.44. The monoisotopic (exact) mass is 418 g/mol. The number of nitrogens with one attached hydrogen (secondary N) is 1. The fraction of sp³-hybridized carbons (Fsp3) is 0.375. The second kappa shape index (κ2) is 7.89. The molecule has 2 aromatic rings. The molecule has 2 heterocycles. The van der Waals surface area contributed by atoms with Gasteiger partial charge in [-0.1, -0.05) is 0 Å². The maximum atomic E-state index is 13.2. The van der Waals surface area contributed by atoms with Gasteiger partial charge >= 0.3 is 6.18 Å². The number of hydrogen-bond donors (Lipinski definition) is 2. The van der Waals surface area contributed by atoms with E-state index in [1.54, 1.807) is 0 Å². The zero-order valence-electron chi connectivity index (χ0n) is 14.4. The Morgan fingerprint density at radius 3 is 2.39 bits per heavy atom. The number of hydrogen-bond acceptors (Lipinski definition) is 7. The Kier molecular flexibility index (Phi) is 5.72. The molecule has 8 nitrogen and oxygen atoms in total. The average Bonchev–Trinajstić information content (AvgIpc) is 2.61. The fourth-order valence-electron chi connectivity index (χ4n) is 2.52. The molecule has 0 saturated carbocycles. The van der Waals surface area contributed by atoms with Gasteiger partial charge in [0.05, 0.1) is 18.1 Å². The first-order chi connectivity index (χ1) is 13.1. The van der Waals surface area contributed by atoms with Crippen molar-refractivity contribution in [3.8, 4) is 5.88 Å². The van der Waals surface area contributed by atoms with Crippen LogP contribution in [0.1, 0.15) is 18.4 Å². The largest absolute Gasteiger partial charge is 0.474 e. The molecule has 1 fully saturated rings. The highest BCUT2D eigenvalue weighted by molar-refractivity contribution is 7.89. The molecule has 1 aliphatic rings. The number of ether oxygens (including phenoxy) is 2. The zero-order chi connectivity index (χ0) is 20.4. The molecular weight excluding hydrogens is 401 g/mol. The molecule has 28 heavy (non-hydrogen) atoms. The molecule has 12 heteroatoms. The van der Waals surface area contributed by atoms with E-state index in [0.29, 0.717) is 37.9 Å². The molecule has 0 unspecified atom stereocenters. The fourth-order valence-corrected chi connectivity index (χ4v) is 3.03. The van der Waals surface area contributed by atoms with Gasteiger partial charge in [-0.15, -0.1) is 0 Å². The van der Waals surface area contributed by atoms with E-state index in [0.717, 1.165) is 0 Å². The van der Waals surface area contributed by atoms with Crippen LogP contribution in [0.15, 0.2) is 35.4 Å². The highest BCUT2D eigenvalue weighted by Gasteiger charge is 2.37. The van der Waals surface area contributed by atoms with Crippen molar-refractivity contribution in [2.24, 2.45) is 5.14 Å². The third-order valence-corrected chi connectivity index (χ3v) is 4.87. The summed E-state index contributed by atoms with van der Waals surface area (Å²) in [6, 6.07) is 5.28. The zero-order valence-corrected chi connectivity index (χ0v) is 15.3. The number of rotatable bonds is 5. The molecule has 0 amide bonds. The quantitative estimate of drug-likeness (QED) is 0.766. The van der Waals surface area contributed by atoms with E-state index < -0.39 is 33.7 Å². The number of nitrogens with two attached hydrogens (primary N) is 1. The Balaban J connectivity index is 1.84. The van der Waals surface area contributed by atoms with Gasteiger partial charge in [-0.05, 0) is 24.3 Å². The number of benzene rings is 1. The van der Waals surface area contributed by atoms with E-state index in [2.05, 4.69) is 15.3 Å². The van der Waals surface area contributed by atoms with Crippen molar-refractivity contribution in [1.29, 1.82) is 0 Å². The van der Waals surface area contributed by atoms with Crippen LogP contribution < -0.4 is 15.2 Å². The minimum Gasteiger partial charge on any atom is -0.474 e. The summed E-state index contributed by atoms with van der Waals surface area (Å²) in [5, 5.41) is 7.73. The van der Waals surface area contributed by atoms with Crippen LogP contribution in [0.2, 0.25) is 0 Å². The third-order valence-electron chi connectivity index (χ3n) is 3.94. The normalized spacial score (nSPS) is 16.0. The molecule has 3 rings (SSSR count). The van der Waals surface area contributed by atoms with Crippen molar-refractivity contribution >= 4 is 21.7 Å². The van der Waals surface area contributed by atoms with Crippen molar-refractivity contribution in [2.45, 2.75) is 30.0 Å². The maximum Gasteiger partial charge on any atom is 0.423 e. The first-order valence-corrected chi connectivity index (χ1v) is 9.76. The summed E-state index contributed by atoms with van der Waals surface area (Å²) in [5.74, 6) is -0.698. The molecule has 0 atom stereocenters. The van der Waals surface area contributed by atoms with Gasteiger partial charge in [-0.25, -0.2) is 18.5 Å². The Bertz CT molecular complexity index is 930. The smallest absolute Gasteiger partial charge is 0.423 e. The molecule has 3 N–H and O–H groups in total. The second-order valence-electron chi connectivity index (χ2n) is 6.03. The summed E-state index contributed by atoms with van der Waals surface area (Å²) in [7, 11) is -3.85. The van der Waals surface area contributed by atoms with Crippen molar-refractivity contribution in [3.05, 3.63) is 36.0 Å². The van der Waals surface area contributed by atoms with Crippen LogP contribution in [0.25, 0.3) is 0 Å². The van der Waals surface area contributed by atoms with Crippen LogP contribution in [0, 0.1) is 0 Å². The Labute approximate surface area is 158 Å². The van der Waals surface area contributed by atoms with Gasteiger partial charge < -0.3 is 14.8 Å². The molecule has 1 saturated heterocycles. The minimum absolute atomic E-state index is 0.102. The van der Waals surface area contributed by atoms with E-state index in [4.69, 9.17) is 14.6 Å². The highest BCUT2D eigenvalue weighted by atomic mass is 32.2. The van der Waals surface area contributed by atoms with Gasteiger partial charge in [-0.2, -0.15) is 18.2 Å². The summed E-state index contributed by atoms with van der Waals surface area (Å²) < 4.78 is 72.9. The molecule has 1 aromatic carbocycles. The lowest BCUT2D eigenvalue weighted by Crippen LogP contribution is -2.27. The standard InChI is InChI=1S/C16H17F3N4O4S/c17-16(18,19)13-9-21-15(23-14(13)27-11-5-7-26-8-6-11)22-10-1-3-12(4-2-10)28(20,24)25/h1-4,9,11H,5-8H2,(H2,20,24,25)(H,21,22,23). The third kappa shape index (κ3) is 5.09. The van der Waals surface area contributed by atoms with Gasteiger partial charge in [0.1, 0.15) is 11.7 Å². The van der Waals surface area contributed by atoms with Gasteiger partial charge in [0, 0.05) is 24.7 Å². The predicted molar refractivity (Wildman–Crippen MR) is 92.6 cm³/mol. The van der Waals surface area contributed by atoms with E-state index >= 15 is 0 Å². The summed E-state index contributed by atoms with van der Waals surface area (Å²) in [6.07, 6.45) is -3.55. The number of sulfonamides is 1. The number of alkyl halides is 3. The first kappa shape index (κ1) is 20.3. The van der Waals surface area contributed by atoms with Crippen LogP contribution in [0.3, 0.4) is 0 Å². The van der Waals surface area contributed by atoms with Crippen molar-refractivity contribution < 1.29 is 31.1 Å². The SMILES string of the molecule is NS(=O)(=O)c1ccc(Nc2ncc(C(F)(F)F)c(OC3CCOCC3)n2)cc1. The topological polar surface area (TPSA) is 116 Å². The predicted octanol–water partition coefficient (Wildman–Crippen LogP) is 2.44. The van der Waals surface area contributed by atoms with Crippen LogP contribution >= 0.6 is 0 Å². The molecule has 1 aliphatic heterocycles. The number of primary sulfonamides is 1. The van der Waals surface area contributed by atoms with Crippen LogP contribution in [0.5, 0.6) is 5.88 Å². The second-order valence-corrected chi connectivity index (χ2v) is 7.60. The Morgan fingerprint density at radius 1 is 1.18 bits per heavy atom. The van der Waals surface area contributed by atoms with Crippen molar-refractivity contribution in [2.75, 3.05) is 18.5 Å². The van der Waals surface area contributed by atoms with Crippen molar-refractivity contribution in [1.82, 2.24) is 9.97 Å². The van der Waals surface area contributed by atoms with Crippen LogP contribution in [0.4, 0.5) is 24.8 Å². The van der Waals surface area contributed by atoms with Gasteiger partial charge in [0.25, 0.3) is 0 Å². The Morgan fingerprint density at radius 2 is 1.82 bits per heavy atom. The summed E-state index contributed by atoms with van der Waals surface area (Å²) in [6.45, 7) is 0.803. The summed E-state index contributed by atoms with van der Waals surface area (Å²) in [5.41, 5.74) is -0.710. The molecule has 0 bridgehead atoms. The number of halogens is 3. The molecule has 0 spiro atoms. The maximum absolute atomic E-state index is 13.2.